The second-order valence-corrected chi connectivity index (χ2v) is 4.10. The Morgan fingerprint density at radius 2 is 1.62 bits per heavy atom. The molecule has 0 aliphatic rings. The molecule has 0 spiro atoms. The largest absolute Gasteiger partial charge is 0.381 e. The van der Waals surface area contributed by atoms with Crippen LogP contribution in [0, 0.1) is 0 Å². The first-order chi connectivity index (χ1) is 7.85. The molecule has 98 valence electrons. The molecule has 0 heterocycles. The number of nitrogens with zero attached hydrogens (tertiary/aromatic N) is 1. The van der Waals surface area contributed by atoms with Gasteiger partial charge in [-0.05, 0) is 32.5 Å². The second kappa shape index (κ2) is 12.9. The number of ether oxygens (including phenoxy) is 1. The summed E-state index contributed by atoms with van der Waals surface area (Å²) in [4.78, 5) is 2.44. The quantitative estimate of drug-likeness (QED) is 0.520. The number of rotatable bonds is 12. The molecule has 0 saturated carbocycles. The van der Waals surface area contributed by atoms with Gasteiger partial charge in [-0.3, -0.25) is 0 Å². The lowest BCUT2D eigenvalue weighted by Crippen LogP contribution is -2.32. The molecular weight excluding hydrogens is 200 g/mol. The van der Waals surface area contributed by atoms with Crippen LogP contribution in [0.25, 0.3) is 0 Å². The summed E-state index contributed by atoms with van der Waals surface area (Å²) < 4.78 is 5.49. The van der Waals surface area contributed by atoms with Crippen LogP contribution in [-0.4, -0.2) is 50.8 Å². The molecule has 0 aromatic heterocycles. The lowest BCUT2D eigenvalue weighted by atomic mass is 10.3. The minimum absolute atomic E-state index is 0.901. The van der Waals surface area contributed by atoms with E-state index in [4.69, 9.17) is 4.74 Å². The summed E-state index contributed by atoms with van der Waals surface area (Å²) in [6.45, 7) is 14.1. The van der Waals surface area contributed by atoms with Gasteiger partial charge in [-0.2, -0.15) is 0 Å². The van der Waals surface area contributed by atoms with Crippen molar-refractivity contribution in [1.82, 2.24) is 10.2 Å². The van der Waals surface area contributed by atoms with E-state index >= 15 is 0 Å². The predicted octanol–water partition coefficient (Wildman–Crippen LogP) is 2.12. The molecule has 3 heteroatoms. The van der Waals surface area contributed by atoms with E-state index in [0.717, 1.165) is 52.4 Å². The van der Waals surface area contributed by atoms with Gasteiger partial charge in [0.25, 0.3) is 0 Å². The van der Waals surface area contributed by atoms with E-state index in [1.807, 2.05) is 0 Å². The first kappa shape index (κ1) is 15.9. The molecule has 0 aliphatic carbocycles. The molecule has 1 N–H and O–H groups in total. The van der Waals surface area contributed by atoms with E-state index in [-0.39, 0.29) is 0 Å². The molecule has 3 nitrogen and oxygen atoms in total. The van der Waals surface area contributed by atoms with E-state index in [2.05, 4.69) is 31.0 Å². The molecule has 16 heavy (non-hydrogen) atoms. The van der Waals surface area contributed by atoms with Crippen LogP contribution in [0.5, 0.6) is 0 Å². The summed E-state index contributed by atoms with van der Waals surface area (Å²) in [5, 5.41) is 3.45. The van der Waals surface area contributed by atoms with Crippen molar-refractivity contribution in [2.75, 3.05) is 45.9 Å². The van der Waals surface area contributed by atoms with Gasteiger partial charge in [0.1, 0.15) is 0 Å². The Labute approximate surface area is 102 Å². The molecule has 0 aromatic rings. The van der Waals surface area contributed by atoms with Crippen molar-refractivity contribution in [2.45, 2.75) is 40.0 Å². The van der Waals surface area contributed by atoms with Crippen LogP contribution in [0.15, 0.2) is 0 Å². The number of likely N-dealkylation sites (N-methyl/N-ethyl adjacent to an activating group) is 1. The summed E-state index contributed by atoms with van der Waals surface area (Å²) in [5.74, 6) is 0. The summed E-state index contributed by atoms with van der Waals surface area (Å²) in [7, 11) is 0. The summed E-state index contributed by atoms with van der Waals surface area (Å²) >= 11 is 0. The molecule has 0 fully saturated rings. The van der Waals surface area contributed by atoms with Gasteiger partial charge in [0.15, 0.2) is 0 Å². The SMILES string of the molecule is CCCCOCCCNCCN(CC)CC. The molecule has 0 amide bonds. The fourth-order valence-corrected chi connectivity index (χ4v) is 1.55. The Morgan fingerprint density at radius 1 is 0.938 bits per heavy atom. The van der Waals surface area contributed by atoms with Crippen LogP contribution < -0.4 is 5.32 Å². The van der Waals surface area contributed by atoms with Crippen LogP contribution in [0.1, 0.15) is 40.0 Å². The van der Waals surface area contributed by atoms with Gasteiger partial charge in [-0.15, -0.1) is 0 Å². The van der Waals surface area contributed by atoms with E-state index < -0.39 is 0 Å². The lowest BCUT2D eigenvalue weighted by Gasteiger charge is -2.17. The third-order valence-electron chi connectivity index (χ3n) is 2.78. The van der Waals surface area contributed by atoms with Crippen LogP contribution in [0.4, 0.5) is 0 Å². The van der Waals surface area contributed by atoms with Crippen molar-refractivity contribution in [2.24, 2.45) is 0 Å². The molecule has 0 aromatic carbocycles. The highest BCUT2D eigenvalue weighted by atomic mass is 16.5. The minimum Gasteiger partial charge on any atom is -0.381 e. The van der Waals surface area contributed by atoms with Crippen molar-refractivity contribution < 1.29 is 4.74 Å². The van der Waals surface area contributed by atoms with Crippen molar-refractivity contribution >= 4 is 0 Å². The smallest absolute Gasteiger partial charge is 0.0478 e. The zero-order chi connectivity index (χ0) is 12.1. The van der Waals surface area contributed by atoms with Crippen molar-refractivity contribution in [3.8, 4) is 0 Å². The van der Waals surface area contributed by atoms with Gasteiger partial charge in [0.2, 0.25) is 0 Å². The fourth-order valence-electron chi connectivity index (χ4n) is 1.55. The first-order valence-electron chi connectivity index (χ1n) is 6.85. The zero-order valence-corrected chi connectivity index (χ0v) is 11.4. The highest BCUT2D eigenvalue weighted by Gasteiger charge is 1.97. The monoisotopic (exact) mass is 230 g/mol. The van der Waals surface area contributed by atoms with E-state index in [9.17, 15) is 0 Å². The van der Waals surface area contributed by atoms with E-state index in [0.29, 0.717) is 0 Å². The highest BCUT2D eigenvalue weighted by Crippen LogP contribution is 1.89. The van der Waals surface area contributed by atoms with Crippen molar-refractivity contribution in [3.63, 3.8) is 0 Å². The number of unbranched alkanes of at least 4 members (excludes halogenated alkanes) is 1. The molecule has 0 atom stereocenters. The maximum atomic E-state index is 5.49. The molecule has 0 bridgehead atoms. The molecule has 0 rings (SSSR count). The summed E-state index contributed by atoms with van der Waals surface area (Å²) in [6, 6.07) is 0. The topological polar surface area (TPSA) is 24.5 Å². The fraction of sp³-hybridized carbons (Fsp3) is 1.00. The third kappa shape index (κ3) is 10.4. The molecule has 0 aliphatic heterocycles. The van der Waals surface area contributed by atoms with E-state index in [1.54, 1.807) is 0 Å². The van der Waals surface area contributed by atoms with Crippen LogP contribution in [-0.2, 0) is 4.74 Å². The highest BCUT2D eigenvalue weighted by molar-refractivity contribution is 4.55. The van der Waals surface area contributed by atoms with Gasteiger partial charge in [0, 0.05) is 26.3 Å². The van der Waals surface area contributed by atoms with Gasteiger partial charge in [-0.25, -0.2) is 0 Å². The average molecular weight is 230 g/mol. The Morgan fingerprint density at radius 3 is 2.25 bits per heavy atom. The van der Waals surface area contributed by atoms with Crippen LogP contribution >= 0.6 is 0 Å². The number of hydrogen-bond donors (Lipinski definition) is 1. The average Bonchev–Trinajstić information content (AvgIpc) is 2.32. The maximum Gasteiger partial charge on any atom is 0.0478 e. The Hall–Kier alpha value is -0.120. The Bertz CT molecular complexity index is 127. The maximum absolute atomic E-state index is 5.49. The number of hydrogen-bond acceptors (Lipinski definition) is 3. The normalized spacial score (nSPS) is 11.2. The zero-order valence-electron chi connectivity index (χ0n) is 11.4. The Balaban J connectivity index is 3.03. The standard InChI is InChI=1S/C13H30N2O/c1-4-7-12-16-13-8-9-14-10-11-15(5-2)6-3/h14H,4-13H2,1-3H3. The van der Waals surface area contributed by atoms with E-state index in [1.165, 1.54) is 12.8 Å². The van der Waals surface area contributed by atoms with Gasteiger partial charge >= 0.3 is 0 Å². The minimum atomic E-state index is 0.901. The Kier molecular flexibility index (Phi) is 12.9. The van der Waals surface area contributed by atoms with Gasteiger partial charge in [-0.1, -0.05) is 27.2 Å². The van der Waals surface area contributed by atoms with Crippen LogP contribution in [0.2, 0.25) is 0 Å². The molecular formula is C13H30N2O. The predicted molar refractivity (Wildman–Crippen MR) is 71.0 cm³/mol. The van der Waals surface area contributed by atoms with Crippen molar-refractivity contribution in [1.29, 1.82) is 0 Å². The first-order valence-corrected chi connectivity index (χ1v) is 6.85. The second-order valence-electron chi connectivity index (χ2n) is 4.10. The third-order valence-corrected chi connectivity index (χ3v) is 2.78. The molecule has 0 saturated heterocycles. The number of nitrogens with one attached hydrogen (secondary N) is 1. The van der Waals surface area contributed by atoms with Crippen molar-refractivity contribution in [3.05, 3.63) is 0 Å². The molecule has 0 unspecified atom stereocenters. The van der Waals surface area contributed by atoms with Gasteiger partial charge < -0.3 is 15.0 Å². The van der Waals surface area contributed by atoms with Gasteiger partial charge in [0.05, 0.1) is 0 Å². The summed E-state index contributed by atoms with van der Waals surface area (Å²) in [6.07, 6.45) is 3.54. The van der Waals surface area contributed by atoms with Crippen LogP contribution in [0.3, 0.4) is 0 Å². The summed E-state index contributed by atoms with van der Waals surface area (Å²) in [5.41, 5.74) is 0. The lowest BCUT2D eigenvalue weighted by molar-refractivity contribution is 0.128. The molecule has 0 radical (unpaired) electrons.